The average Bonchev–Trinajstić information content (AvgIpc) is 2.94. The SMILES string of the molecule is CC1=C(C2=CCCCC2)C(=O)C(c2ccccc2)=C1c1ccccc1. The van der Waals surface area contributed by atoms with Crippen molar-refractivity contribution in [3.05, 3.63) is 94.6 Å². The molecule has 0 saturated carbocycles. The summed E-state index contributed by atoms with van der Waals surface area (Å²) in [4.78, 5) is 13.4. The first-order valence-corrected chi connectivity index (χ1v) is 9.08. The molecule has 0 aromatic heterocycles. The molecular formula is C24H22O. The maximum absolute atomic E-state index is 13.4. The van der Waals surface area contributed by atoms with Crippen molar-refractivity contribution < 1.29 is 4.79 Å². The summed E-state index contributed by atoms with van der Waals surface area (Å²) in [5.74, 6) is 0.190. The molecule has 2 aliphatic rings. The Balaban J connectivity index is 1.92. The molecule has 0 bridgehead atoms. The topological polar surface area (TPSA) is 17.1 Å². The van der Waals surface area contributed by atoms with E-state index in [1.807, 2.05) is 48.5 Å². The molecule has 0 aliphatic heterocycles. The molecule has 0 atom stereocenters. The van der Waals surface area contributed by atoms with Crippen LogP contribution in [0, 0.1) is 0 Å². The van der Waals surface area contributed by atoms with E-state index >= 15 is 0 Å². The largest absolute Gasteiger partial charge is 0.289 e. The predicted molar refractivity (Wildman–Crippen MR) is 104 cm³/mol. The fourth-order valence-electron chi connectivity index (χ4n) is 4.02. The Kier molecular flexibility index (Phi) is 4.23. The van der Waals surface area contributed by atoms with Crippen LogP contribution in [0.4, 0.5) is 0 Å². The Hall–Kier alpha value is -2.67. The van der Waals surface area contributed by atoms with Crippen LogP contribution in [0.2, 0.25) is 0 Å². The van der Waals surface area contributed by atoms with Crippen molar-refractivity contribution in [1.82, 2.24) is 0 Å². The van der Waals surface area contributed by atoms with Crippen LogP contribution in [0.1, 0.15) is 43.7 Å². The lowest BCUT2D eigenvalue weighted by molar-refractivity contribution is -0.110. The van der Waals surface area contributed by atoms with Gasteiger partial charge in [0, 0.05) is 11.1 Å². The van der Waals surface area contributed by atoms with Crippen LogP contribution in [-0.4, -0.2) is 5.78 Å². The summed E-state index contributed by atoms with van der Waals surface area (Å²) in [6.07, 6.45) is 6.78. The number of carbonyl (C=O) groups is 1. The number of hydrogen-bond acceptors (Lipinski definition) is 1. The molecule has 0 spiro atoms. The van der Waals surface area contributed by atoms with Gasteiger partial charge in [-0.2, -0.15) is 0 Å². The van der Waals surface area contributed by atoms with Crippen molar-refractivity contribution >= 4 is 16.9 Å². The van der Waals surface area contributed by atoms with Crippen LogP contribution in [0.15, 0.2) is 83.5 Å². The maximum atomic E-state index is 13.4. The van der Waals surface area contributed by atoms with E-state index in [0.717, 1.165) is 46.3 Å². The van der Waals surface area contributed by atoms with Crippen molar-refractivity contribution in [2.75, 3.05) is 0 Å². The molecule has 25 heavy (non-hydrogen) atoms. The zero-order valence-electron chi connectivity index (χ0n) is 14.6. The highest BCUT2D eigenvalue weighted by Crippen LogP contribution is 2.45. The lowest BCUT2D eigenvalue weighted by atomic mass is 9.89. The first-order valence-electron chi connectivity index (χ1n) is 9.08. The van der Waals surface area contributed by atoms with Crippen molar-refractivity contribution in [2.45, 2.75) is 32.6 Å². The summed E-state index contributed by atoms with van der Waals surface area (Å²) >= 11 is 0. The third-order valence-corrected chi connectivity index (χ3v) is 5.19. The van der Waals surface area contributed by atoms with E-state index in [9.17, 15) is 4.79 Å². The highest BCUT2D eigenvalue weighted by molar-refractivity contribution is 6.41. The fourth-order valence-corrected chi connectivity index (χ4v) is 4.02. The summed E-state index contributed by atoms with van der Waals surface area (Å²) in [6.45, 7) is 2.11. The van der Waals surface area contributed by atoms with Crippen molar-refractivity contribution in [2.24, 2.45) is 0 Å². The molecule has 2 aromatic carbocycles. The Bertz CT molecular complexity index is 896. The van der Waals surface area contributed by atoms with Crippen LogP contribution >= 0.6 is 0 Å². The monoisotopic (exact) mass is 326 g/mol. The number of allylic oxidation sites excluding steroid dienone is 6. The van der Waals surface area contributed by atoms with E-state index in [2.05, 4.69) is 25.1 Å². The van der Waals surface area contributed by atoms with E-state index in [-0.39, 0.29) is 5.78 Å². The first kappa shape index (κ1) is 15.8. The third kappa shape index (κ3) is 2.80. The second kappa shape index (κ2) is 6.68. The molecule has 2 aromatic rings. The molecule has 4 rings (SSSR count). The molecule has 2 aliphatic carbocycles. The van der Waals surface area contributed by atoms with Crippen molar-refractivity contribution in [3.8, 4) is 0 Å². The Morgan fingerprint density at radius 3 is 1.88 bits per heavy atom. The Morgan fingerprint density at radius 2 is 1.32 bits per heavy atom. The van der Waals surface area contributed by atoms with Gasteiger partial charge >= 0.3 is 0 Å². The molecular weight excluding hydrogens is 304 g/mol. The standard InChI is InChI=1S/C24H22O/c1-17-21(18-11-5-2-6-12-18)23(20-15-9-4-10-16-20)24(25)22(17)19-13-7-3-8-14-19/h2,4-6,9-13,15-16H,3,7-8,14H2,1H3. The maximum Gasteiger partial charge on any atom is 0.194 e. The van der Waals surface area contributed by atoms with Gasteiger partial charge in [-0.3, -0.25) is 4.79 Å². The van der Waals surface area contributed by atoms with Gasteiger partial charge in [-0.15, -0.1) is 0 Å². The van der Waals surface area contributed by atoms with Gasteiger partial charge in [-0.05, 0) is 60.5 Å². The summed E-state index contributed by atoms with van der Waals surface area (Å²) in [7, 11) is 0. The zero-order valence-corrected chi connectivity index (χ0v) is 14.6. The highest BCUT2D eigenvalue weighted by Gasteiger charge is 2.33. The number of ketones is 1. The van der Waals surface area contributed by atoms with Gasteiger partial charge in [0.05, 0.1) is 0 Å². The van der Waals surface area contributed by atoms with E-state index < -0.39 is 0 Å². The van der Waals surface area contributed by atoms with E-state index in [1.54, 1.807) is 0 Å². The van der Waals surface area contributed by atoms with Crippen LogP contribution < -0.4 is 0 Å². The van der Waals surface area contributed by atoms with Crippen LogP contribution in [0.5, 0.6) is 0 Å². The van der Waals surface area contributed by atoms with Gasteiger partial charge in [0.1, 0.15) is 0 Å². The zero-order chi connectivity index (χ0) is 17.2. The molecule has 0 N–H and O–H groups in total. The molecule has 0 heterocycles. The number of hydrogen-bond donors (Lipinski definition) is 0. The van der Waals surface area contributed by atoms with E-state index in [0.29, 0.717) is 0 Å². The summed E-state index contributed by atoms with van der Waals surface area (Å²) in [6, 6.07) is 20.4. The van der Waals surface area contributed by atoms with Gasteiger partial charge < -0.3 is 0 Å². The minimum Gasteiger partial charge on any atom is -0.289 e. The quantitative estimate of drug-likeness (QED) is 0.676. The molecule has 0 unspecified atom stereocenters. The first-order chi connectivity index (χ1) is 12.3. The van der Waals surface area contributed by atoms with Crippen molar-refractivity contribution in [1.29, 1.82) is 0 Å². The molecule has 124 valence electrons. The normalized spacial score (nSPS) is 18.0. The van der Waals surface area contributed by atoms with Gasteiger partial charge in [0.25, 0.3) is 0 Å². The lowest BCUT2D eigenvalue weighted by Crippen LogP contribution is -2.06. The minimum absolute atomic E-state index is 0.190. The summed E-state index contributed by atoms with van der Waals surface area (Å²) in [5.41, 5.74) is 7.40. The van der Waals surface area contributed by atoms with Gasteiger partial charge in [-0.25, -0.2) is 0 Å². The van der Waals surface area contributed by atoms with Crippen LogP contribution in [-0.2, 0) is 4.79 Å². The fraction of sp³-hybridized carbons (Fsp3) is 0.208. The average molecular weight is 326 g/mol. The number of benzene rings is 2. The van der Waals surface area contributed by atoms with E-state index in [4.69, 9.17) is 0 Å². The highest BCUT2D eigenvalue weighted by atomic mass is 16.1. The van der Waals surface area contributed by atoms with Gasteiger partial charge in [0.15, 0.2) is 5.78 Å². The smallest absolute Gasteiger partial charge is 0.194 e. The number of carbonyl (C=O) groups excluding carboxylic acids is 1. The predicted octanol–water partition coefficient (Wildman–Crippen LogP) is 6.00. The molecule has 0 saturated heterocycles. The Morgan fingerprint density at radius 1 is 0.720 bits per heavy atom. The molecule has 0 radical (unpaired) electrons. The second-order valence-corrected chi connectivity index (χ2v) is 6.79. The Labute approximate surface area is 149 Å². The third-order valence-electron chi connectivity index (χ3n) is 5.19. The van der Waals surface area contributed by atoms with Crippen LogP contribution in [0.25, 0.3) is 11.1 Å². The second-order valence-electron chi connectivity index (χ2n) is 6.79. The van der Waals surface area contributed by atoms with Gasteiger partial charge in [0.2, 0.25) is 0 Å². The lowest BCUT2D eigenvalue weighted by Gasteiger charge is -2.14. The molecule has 1 nitrogen and oxygen atoms in total. The summed E-state index contributed by atoms with van der Waals surface area (Å²) < 4.78 is 0. The van der Waals surface area contributed by atoms with Crippen LogP contribution in [0.3, 0.4) is 0 Å². The number of rotatable bonds is 3. The molecule has 0 fully saturated rings. The molecule has 1 heteroatoms. The molecule has 0 amide bonds. The van der Waals surface area contributed by atoms with E-state index in [1.165, 1.54) is 18.4 Å². The minimum atomic E-state index is 0.190. The van der Waals surface area contributed by atoms with Gasteiger partial charge in [-0.1, -0.05) is 66.7 Å². The summed E-state index contributed by atoms with van der Waals surface area (Å²) in [5, 5.41) is 0. The number of Topliss-reactive ketones (excluding diaryl/α,β-unsaturated/α-hetero) is 1. The van der Waals surface area contributed by atoms with Crippen molar-refractivity contribution in [3.63, 3.8) is 0 Å².